The second-order valence-electron chi connectivity index (χ2n) is 4.34. The molecule has 0 saturated carbocycles. The minimum atomic E-state index is -2.82. The van der Waals surface area contributed by atoms with Crippen molar-refractivity contribution in [2.75, 3.05) is 12.0 Å². The number of hydrogen-bond donors (Lipinski definition) is 1. The molecule has 0 saturated heterocycles. The van der Waals surface area contributed by atoms with Gasteiger partial charge in [0.15, 0.2) is 5.82 Å². The first-order chi connectivity index (χ1) is 10.8. The highest BCUT2D eigenvalue weighted by Crippen LogP contribution is 2.35. The second kappa shape index (κ2) is 7.14. The van der Waals surface area contributed by atoms with Crippen LogP contribution in [0.4, 0.5) is 23.2 Å². The minimum Gasteiger partial charge on any atom is -0.320 e. The molecule has 0 aliphatic heterocycles. The Balaban J connectivity index is 2.26. The van der Waals surface area contributed by atoms with E-state index in [-0.39, 0.29) is 22.1 Å². The molecular weight excluding hydrogens is 360 g/mol. The number of amides is 1. The Morgan fingerprint density at radius 1 is 1.39 bits per heavy atom. The fourth-order valence-electron chi connectivity index (χ4n) is 1.76. The first-order valence-corrected chi connectivity index (χ1v) is 7.37. The lowest BCUT2D eigenvalue weighted by Crippen LogP contribution is -2.24. The third kappa shape index (κ3) is 3.91. The molecule has 4 nitrogen and oxygen atoms in total. The van der Waals surface area contributed by atoms with Crippen molar-refractivity contribution in [3.05, 3.63) is 49.3 Å². The van der Waals surface area contributed by atoms with Gasteiger partial charge in [-0.1, -0.05) is 11.6 Å². The molecule has 2 heterocycles. The number of pyridine rings is 1. The summed E-state index contributed by atoms with van der Waals surface area (Å²) in [4.78, 5) is 22.8. The van der Waals surface area contributed by atoms with E-state index in [2.05, 4.69) is 5.32 Å². The van der Waals surface area contributed by atoms with Gasteiger partial charge in [0.2, 0.25) is 0 Å². The number of halogens is 5. The summed E-state index contributed by atoms with van der Waals surface area (Å²) >= 11 is 6.10. The van der Waals surface area contributed by atoms with Gasteiger partial charge in [-0.2, -0.15) is 0 Å². The number of carbonyl (C=O) groups excluding carboxylic acids is 1. The molecule has 10 heteroatoms. The molecule has 0 fully saturated rings. The van der Waals surface area contributed by atoms with Crippen LogP contribution in [0.25, 0.3) is 0 Å². The van der Waals surface area contributed by atoms with E-state index >= 15 is 0 Å². The van der Waals surface area contributed by atoms with Crippen molar-refractivity contribution in [1.29, 1.82) is 0 Å². The molecular formula is C13H9ClF4N2O2S. The number of hydrogen-bond acceptors (Lipinski definition) is 3. The fraction of sp³-hybridized carbons (Fsp3) is 0.231. The molecule has 124 valence electrons. The van der Waals surface area contributed by atoms with Crippen LogP contribution < -0.4 is 10.9 Å². The maximum Gasteiger partial charge on any atom is 0.286 e. The van der Waals surface area contributed by atoms with Gasteiger partial charge in [0, 0.05) is 12.3 Å². The molecule has 0 unspecified atom stereocenters. The number of rotatable bonds is 5. The van der Waals surface area contributed by atoms with Gasteiger partial charge in [-0.25, -0.2) is 17.6 Å². The molecule has 0 spiro atoms. The van der Waals surface area contributed by atoms with Crippen LogP contribution >= 0.6 is 22.9 Å². The number of thiophene rings is 1. The third-order valence-corrected chi connectivity index (χ3v) is 4.33. The first-order valence-electron chi connectivity index (χ1n) is 6.18. The summed E-state index contributed by atoms with van der Waals surface area (Å²) < 4.78 is 51.8. The van der Waals surface area contributed by atoms with Gasteiger partial charge in [0.1, 0.15) is 6.67 Å². The van der Waals surface area contributed by atoms with E-state index in [1.54, 1.807) is 0 Å². The van der Waals surface area contributed by atoms with E-state index in [0.717, 1.165) is 22.9 Å². The molecule has 0 atom stereocenters. The number of alkyl halides is 3. The highest BCUT2D eigenvalue weighted by molar-refractivity contribution is 7.14. The Morgan fingerprint density at radius 3 is 2.65 bits per heavy atom. The Hall–Kier alpha value is -1.87. The van der Waals surface area contributed by atoms with Gasteiger partial charge >= 0.3 is 0 Å². The zero-order valence-corrected chi connectivity index (χ0v) is 12.9. The summed E-state index contributed by atoms with van der Waals surface area (Å²) in [5.41, 5.74) is -1.14. The van der Waals surface area contributed by atoms with Crippen LogP contribution in [0.1, 0.15) is 21.0 Å². The summed E-state index contributed by atoms with van der Waals surface area (Å²) in [5, 5.41) is 2.00. The van der Waals surface area contributed by atoms with Gasteiger partial charge in [-0.15, -0.1) is 11.3 Å². The fourth-order valence-corrected chi connectivity index (χ4v) is 2.94. The van der Waals surface area contributed by atoms with Gasteiger partial charge in [-0.3, -0.25) is 9.59 Å². The van der Waals surface area contributed by atoms with Crippen LogP contribution in [0, 0.1) is 5.82 Å². The molecule has 1 N–H and O–H groups in total. The molecule has 2 rings (SSSR count). The summed E-state index contributed by atoms with van der Waals surface area (Å²) in [5.74, 6) is -1.97. The van der Waals surface area contributed by atoms with E-state index in [1.807, 2.05) is 0 Å². The van der Waals surface area contributed by atoms with Crippen molar-refractivity contribution >= 4 is 34.5 Å². The van der Waals surface area contributed by atoms with Crippen LogP contribution in [0.2, 0.25) is 5.02 Å². The Bertz CT molecular complexity index is 791. The smallest absolute Gasteiger partial charge is 0.286 e. The largest absolute Gasteiger partial charge is 0.320 e. The SMILES string of the molecule is O=C(Nc1cc(F)c(=O)n(CCF)c1)c1cc(Cl)c(C(F)F)s1. The summed E-state index contributed by atoms with van der Waals surface area (Å²) in [6.45, 7) is -1.27. The summed E-state index contributed by atoms with van der Waals surface area (Å²) in [6, 6.07) is 1.83. The lowest BCUT2D eigenvalue weighted by atomic mass is 10.3. The number of nitrogens with one attached hydrogen (secondary N) is 1. The van der Waals surface area contributed by atoms with Crippen LogP contribution in [-0.4, -0.2) is 17.1 Å². The predicted octanol–water partition coefficient (Wildman–Crippen LogP) is 3.86. The molecule has 2 aromatic rings. The van der Waals surface area contributed by atoms with E-state index in [0.29, 0.717) is 11.3 Å². The van der Waals surface area contributed by atoms with Crippen LogP contribution in [-0.2, 0) is 6.54 Å². The Kier molecular flexibility index (Phi) is 5.42. The first kappa shape index (κ1) is 17.5. The minimum absolute atomic E-state index is 0.103. The summed E-state index contributed by atoms with van der Waals surface area (Å²) in [7, 11) is 0. The third-order valence-electron chi connectivity index (χ3n) is 2.76. The van der Waals surface area contributed by atoms with Crippen molar-refractivity contribution in [3.63, 3.8) is 0 Å². The van der Waals surface area contributed by atoms with Gasteiger partial charge in [0.25, 0.3) is 17.9 Å². The standard InChI is InChI=1S/C13H9ClF4N2O2S/c14-7-4-9(23-10(7)11(17)18)12(21)19-6-3-8(16)13(22)20(5-6)2-1-15/h3-5,11H,1-2H2,(H,19,21). The van der Waals surface area contributed by atoms with E-state index in [1.165, 1.54) is 0 Å². The molecule has 0 aliphatic carbocycles. The summed E-state index contributed by atoms with van der Waals surface area (Å²) in [6.07, 6.45) is -1.76. The van der Waals surface area contributed by atoms with Crippen molar-refractivity contribution in [2.45, 2.75) is 13.0 Å². The van der Waals surface area contributed by atoms with Crippen LogP contribution in [0.15, 0.2) is 23.1 Å². The van der Waals surface area contributed by atoms with Gasteiger partial charge < -0.3 is 9.88 Å². The van der Waals surface area contributed by atoms with Crippen molar-refractivity contribution < 1.29 is 22.4 Å². The lowest BCUT2D eigenvalue weighted by molar-refractivity contribution is 0.103. The van der Waals surface area contributed by atoms with Gasteiger partial charge in [-0.05, 0) is 6.07 Å². The molecule has 0 radical (unpaired) electrons. The normalized spacial score (nSPS) is 11.0. The zero-order chi connectivity index (χ0) is 17.1. The monoisotopic (exact) mass is 368 g/mol. The molecule has 1 amide bonds. The number of carbonyl (C=O) groups is 1. The van der Waals surface area contributed by atoms with E-state index < -0.39 is 35.3 Å². The van der Waals surface area contributed by atoms with Crippen molar-refractivity contribution in [1.82, 2.24) is 4.57 Å². The molecule has 0 aliphatic rings. The second-order valence-corrected chi connectivity index (χ2v) is 5.83. The lowest BCUT2D eigenvalue weighted by Gasteiger charge is -2.08. The number of aryl methyl sites for hydroxylation is 1. The van der Waals surface area contributed by atoms with E-state index in [4.69, 9.17) is 11.6 Å². The number of aromatic nitrogens is 1. The Labute approximate surface area is 136 Å². The topological polar surface area (TPSA) is 51.1 Å². The molecule has 23 heavy (non-hydrogen) atoms. The highest BCUT2D eigenvalue weighted by atomic mass is 35.5. The molecule has 2 aromatic heterocycles. The Morgan fingerprint density at radius 2 is 2.09 bits per heavy atom. The van der Waals surface area contributed by atoms with Gasteiger partial charge in [0.05, 0.1) is 27.0 Å². The number of anilines is 1. The predicted molar refractivity (Wildman–Crippen MR) is 78.9 cm³/mol. The zero-order valence-electron chi connectivity index (χ0n) is 11.3. The molecule has 0 bridgehead atoms. The average molecular weight is 369 g/mol. The maximum atomic E-state index is 13.5. The van der Waals surface area contributed by atoms with Crippen LogP contribution in [0.5, 0.6) is 0 Å². The van der Waals surface area contributed by atoms with Crippen molar-refractivity contribution in [2.24, 2.45) is 0 Å². The average Bonchev–Trinajstić information content (AvgIpc) is 2.87. The maximum absolute atomic E-state index is 13.5. The quantitative estimate of drug-likeness (QED) is 0.815. The van der Waals surface area contributed by atoms with Crippen LogP contribution in [0.3, 0.4) is 0 Å². The van der Waals surface area contributed by atoms with E-state index in [9.17, 15) is 27.2 Å². The number of nitrogens with zero attached hydrogens (tertiary/aromatic N) is 1. The van der Waals surface area contributed by atoms with Crippen molar-refractivity contribution in [3.8, 4) is 0 Å². The molecule has 0 aromatic carbocycles. The highest BCUT2D eigenvalue weighted by Gasteiger charge is 2.20.